The van der Waals surface area contributed by atoms with Crippen LogP contribution in [0.3, 0.4) is 0 Å². The van der Waals surface area contributed by atoms with Gasteiger partial charge in [-0.05, 0) is 54.8 Å². The van der Waals surface area contributed by atoms with Gasteiger partial charge in [-0.2, -0.15) is 0 Å². The maximum atomic E-state index is 13.0. The first-order chi connectivity index (χ1) is 16.9. The summed E-state index contributed by atoms with van der Waals surface area (Å²) in [5.74, 6) is 0.537. The first-order valence-corrected chi connectivity index (χ1v) is 12.6. The fourth-order valence-electron chi connectivity index (χ4n) is 3.88. The van der Waals surface area contributed by atoms with Crippen molar-refractivity contribution in [3.05, 3.63) is 78.5 Å². The number of H-pyrrole nitrogens is 1. The molecule has 8 nitrogen and oxygen atoms in total. The Hall–Kier alpha value is -3.98. The number of sulfonamides is 1. The van der Waals surface area contributed by atoms with Crippen molar-refractivity contribution in [1.29, 1.82) is 0 Å². The summed E-state index contributed by atoms with van der Waals surface area (Å²) in [5, 5.41) is 3.94. The molecule has 0 saturated carbocycles. The second-order valence-electron chi connectivity index (χ2n) is 7.93. The number of carbonyl (C=O) groups is 1. The molecule has 3 aromatic carbocycles. The van der Waals surface area contributed by atoms with Gasteiger partial charge in [0.05, 0.1) is 30.5 Å². The second kappa shape index (κ2) is 10.5. The summed E-state index contributed by atoms with van der Waals surface area (Å²) in [5.41, 5.74) is 2.82. The van der Waals surface area contributed by atoms with E-state index in [0.717, 1.165) is 22.9 Å². The van der Waals surface area contributed by atoms with Gasteiger partial charge in [-0.15, -0.1) is 0 Å². The lowest BCUT2D eigenvalue weighted by Gasteiger charge is -2.14. The second-order valence-corrected chi connectivity index (χ2v) is 9.61. The Morgan fingerprint density at radius 1 is 0.914 bits per heavy atom. The molecule has 182 valence electrons. The number of carbonyl (C=O) groups excluding carboxylic acids is 1. The summed E-state index contributed by atoms with van der Waals surface area (Å²) in [6.45, 7) is 0. The quantitative estimate of drug-likeness (QED) is 0.290. The highest BCUT2D eigenvalue weighted by molar-refractivity contribution is 7.92. The van der Waals surface area contributed by atoms with Crippen LogP contribution in [0.1, 0.15) is 18.4 Å². The summed E-state index contributed by atoms with van der Waals surface area (Å²) in [4.78, 5) is 15.9. The van der Waals surface area contributed by atoms with Gasteiger partial charge in [0.1, 0.15) is 11.5 Å². The number of hydrogen-bond acceptors (Lipinski definition) is 5. The standard InChI is InChI=1S/C26H27N3O5S/c1-33-24-12-6-5-11-22(24)29-35(31,32)19-14-15-25(34-2)23(16-19)28-26(30)13-7-8-18-17-27-21-10-4-3-9-20(18)21/h3-6,9-12,14-17,27,29H,7-8,13H2,1-2H3,(H,28,30). The number of ether oxygens (including phenoxy) is 2. The van der Waals surface area contributed by atoms with E-state index in [9.17, 15) is 13.2 Å². The number of aromatic nitrogens is 1. The average molecular weight is 494 g/mol. The van der Waals surface area contributed by atoms with Crippen LogP contribution in [0.25, 0.3) is 10.9 Å². The molecule has 0 radical (unpaired) electrons. The smallest absolute Gasteiger partial charge is 0.262 e. The molecule has 0 aliphatic carbocycles. The van der Waals surface area contributed by atoms with Gasteiger partial charge in [0.25, 0.3) is 10.0 Å². The van der Waals surface area contributed by atoms with E-state index < -0.39 is 10.0 Å². The van der Waals surface area contributed by atoms with E-state index >= 15 is 0 Å². The fourth-order valence-corrected chi connectivity index (χ4v) is 4.97. The van der Waals surface area contributed by atoms with E-state index in [1.54, 1.807) is 24.3 Å². The third kappa shape index (κ3) is 5.58. The zero-order valence-electron chi connectivity index (χ0n) is 19.5. The molecule has 4 rings (SSSR count). The van der Waals surface area contributed by atoms with Gasteiger partial charge >= 0.3 is 0 Å². The first-order valence-electron chi connectivity index (χ1n) is 11.1. The number of fused-ring (bicyclic) bond motifs is 1. The molecule has 0 unspecified atom stereocenters. The minimum Gasteiger partial charge on any atom is -0.495 e. The number of methoxy groups -OCH3 is 2. The third-order valence-electron chi connectivity index (χ3n) is 5.63. The van der Waals surface area contributed by atoms with E-state index in [2.05, 4.69) is 21.1 Å². The normalized spacial score (nSPS) is 11.3. The van der Waals surface area contributed by atoms with E-state index in [1.165, 1.54) is 32.4 Å². The molecule has 1 amide bonds. The topological polar surface area (TPSA) is 110 Å². The zero-order chi connectivity index (χ0) is 24.8. The summed E-state index contributed by atoms with van der Waals surface area (Å²) in [6, 6.07) is 19.1. The molecule has 1 aromatic heterocycles. The maximum absolute atomic E-state index is 13.0. The van der Waals surface area contributed by atoms with Gasteiger partial charge in [0, 0.05) is 23.5 Å². The van der Waals surface area contributed by atoms with Crippen molar-refractivity contribution in [3.8, 4) is 11.5 Å². The summed E-state index contributed by atoms with van der Waals surface area (Å²) in [7, 11) is -1.01. The molecule has 0 spiro atoms. The van der Waals surface area contributed by atoms with Crippen LogP contribution in [0, 0.1) is 0 Å². The number of aromatic amines is 1. The molecule has 0 fully saturated rings. The van der Waals surface area contributed by atoms with E-state index in [1.807, 2.05) is 24.4 Å². The summed E-state index contributed by atoms with van der Waals surface area (Å²) < 4.78 is 39.1. The molecular weight excluding hydrogens is 466 g/mol. The Balaban J connectivity index is 1.44. The molecule has 0 aliphatic rings. The average Bonchev–Trinajstić information content (AvgIpc) is 3.27. The Bertz CT molecular complexity index is 1450. The Morgan fingerprint density at radius 2 is 1.63 bits per heavy atom. The van der Waals surface area contributed by atoms with E-state index in [0.29, 0.717) is 23.6 Å². The van der Waals surface area contributed by atoms with Crippen LogP contribution in [0.15, 0.2) is 77.8 Å². The van der Waals surface area contributed by atoms with Crippen molar-refractivity contribution in [3.63, 3.8) is 0 Å². The summed E-state index contributed by atoms with van der Waals surface area (Å²) >= 11 is 0. The van der Waals surface area contributed by atoms with Gasteiger partial charge in [0.2, 0.25) is 5.91 Å². The largest absolute Gasteiger partial charge is 0.495 e. The highest BCUT2D eigenvalue weighted by Crippen LogP contribution is 2.31. The number of benzene rings is 3. The number of nitrogens with one attached hydrogen (secondary N) is 3. The van der Waals surface area contributed by atoms with Gasteiger partial charge in [-0.3, -0.25) is 9.52 Å². The van der Waals surface area contributed by atoms with Crippen molar-refractivity contribution in [2.75, 3.05) is 24.3 Å². The zero-order valence-corrected chi connectivity index (χ0v) is 20.3. The Kier molecular flexibility index (Phi) is 7.26. The molecule has 0 aliphatic heterocycles. The SMILES string of the molecule is COc1ccc(S(=O)(=O)Nc2ccccc2OC)cc1NC(=O)CCCc1c[nH]c2ccccc12. The van der Waals surface area contributed by atoms with Gasteiger partial charge in [-0.25, -0.2) is 8.42 Å². The van der Waals surface area contributed by atoms with E-state index in [-0.39, 0.29) is 22.9 Å². The lowest BCUT2D eigenvalue weighted by Crippen LogP contribution is -2.16. The monoisotopic (exact) mass is 493 g/mol. The Morgan fingerprint density at radius 3 is 2.43 bits per heavy atom. The maximum Gasteiger partial charge on any atom is 0.262 e. The van der Waals surface area contributed by atoms with Crippen molar-refractivity contribution in [2.45, 2.75) is 24.2 Å². The van der Waals surface area contributed by atoms with Crippen LogP contribution in [-0.4, -0.2) is 33.5 Å². The predicted octanol–water partition coefficient (Wildman–Crippen LogP) is 4.95. The molecule has 0 saturated heterocycles. The van der Waals surface area contributed by atoms with Crippen LogP contribution in [-0.2, 0) is 21.2 Å². The summed E-state index contributed by atoms with van der Waals surface area (Å²) in [6.07, 6.45) is 3.63. The van der Waals surface area contributed by atoms with Crippen LogP contribution in [0.4, 0.5) is 11.4 Å². The van der Waals surface area contributed by atoms with Crippen LogP contribution < -0.4 is 19.5 Å². The minimum absolute atomic E-state index is 0.0155. The number of amides is 1. The number of anilines is 2. The van der Waals surface area contributed by atoms with Crippen molar-refractivity contribution >= 4 is 38.2 Å². The highest BCUT2D eigenvalue weighted by Gasteiger charge is 2.19. The lowest BCUT2D eigenvalue weighted by molar-refractivity contribution is -0.116. The number of hydrogen-bond donors (Lipinski definition) is 3. The molecular formula is C26H27N3O5S. The van der Waals surface area contributed by atoms with Crippen molar-refractivity contribution < 1.29 is 22.7 Å². The highest BCUT2D eigenvalue weighted by atomic mass is 32.2. The van der Waals surface area contributed by atoms with Gasteiger partial charge in [-0.1, -0.05) is 30.3 Å². The van der Waals surface area contributed by atoms with E-state index in [4.69, 9.17) is 9.47 Å². The van der Waals surface area contributed by atoms with Crippen LogP contribution in [0.2, 0.25) is 0 Å². The molecule has 4 aromatic rings. The molecule has 0 bridgehead atoms. The predicted molar refractivity (Wildman–Crippen MR) is 137 cm³/mol. The fraction of sp³-hybridized carbons (Fsp3) is 0.192. The third-order valence-corrected chi connectivity index (χ3v) is 6.99. The van der Waals surface area contributed by atoms with Gasteiger partial charge in [0.15, 0.2) is 0 Å². The molecule has 35 heavy (non-hydrogen) atoms. The number of aryl methyl sites for hydroxylation is 1. The lowest BCUT2D eigenvalue weighted by atomic mass is 10.1. The van der Waals surface area contributed by atoms with Crippen LogP contribution >= 0.6 is 0 Å². The first kappa shape index (κ1) is 24.2. The molecule has 0 atom stereocenters. The van der Waals surface area contributed by atoms with Crippen molar-refractivity contribution in [1.82, 2.24) is 4.98 Å². The molecule has 9 heteroatoms. The van der Waals surface area contributed by atoms with Gasteiger partial charge < -0.3 is 19.8 Å². The Labute approximate surface area is 204 Å². The number of rotatable bonds is 10. The van der Waals surface area contributed by atoms with Crippen LogP contribution in [0.5, 0.6) is 11.5 Å². The van der Waals surface area contributed by atoms with Crippen molar-refractivity contribution in [2.24, 2.45) is 0 Å². The number of para-hydroxylation sites is 3. The molecule has 1 heterocycles. The minimum atomic E-state index is -3.94. The molecule has 3 N–H and O–H groups in total.